The third-order valence-electron chi connectivity index (χ3n) is 3.13. The van der Waals surface area contributed by atoms with E-state index in [1.165, 1.54) is 4.31 Å². The average molecular weight is 348 g/mol. The summed E-state index contributed by atoms with van der Waals surface area (Å²) < 4.78 is 29.5. The van der Waals surface area contributed by atoms with Crippen LogP contribution < -0.4 is 4.72 Å². The third-order valence-corrected chi connectivity index (χ3v) is 5.07. The molecule has 2 heterocycles. The molecular weight excluding hydrogens is 330 g/mol. The SMILES string of the molecule is CC1CC(C)CN(S(=O)(=O)Nc2cc(Br)ccn2)C1. The first kappa shape index (κ1) is 14.7. The molecule has 2 unspecified atom stereocenters. The highest BCUT2D eigenvalue weighted by molar-refractivity contribution is 9.10. The van der Waals surface area contributed by atoms with Crippen LogP contribution in [0.3, 0.4) is 0 Å². The monoisotopic (exact) mass is 347 g/mol. The zero-order chi connectivity index (χ0) is 14.0. The number of halogens is 1. The largest absolute Gasteiger partial charge is 0.302 e. The summed E-state index contributed by atoms with van der Waals surface area (Å²) in [6, 6.07) is 3.40. The van der Waals surface area contributed by atoms with E-state index in [0.29, 0.717) is 30.7 Å². The summed E-state index contributed by atoms with van der Waals surface area (Å²) in [7, 11) is -3.52. The highest BCUT2D eigenvalue weighted by Gasteiger charge is 2.30. The van der Waals surface area contributed by atoms with Gasteiger partial charge in [0.15, 0.2) is 0 Å². The van der Waals surface area contributed by atoms with Crippen LogP contribution in [0.25, 0.3) is 0 Å². The molecule has 1 saturated heterocycles. The molecule has 1 N–H and O–H groups in total. The number of hydrogen-bond acceptors (Lipinski definition) is 3. The summed E-state index contributed by atoms with van der Waals surface area (Å²) in [4.78, 5) is 4.01. The van der Waals surface area contributed by atoms with E-state index < -0.39 is 10.2 Å². The van der Waals surface area contributed by atoms with E-state index in [9.17, 15) is 8.42 Å². The van der Waals surface area contributed by atoms with Crippen molar-refractivity contribution >= 4 is 32.0 Å². The van der Waals surface area contributed by atoms with Crippen molar-refractivity contribution in [3.8, 4) is 0 Å². The second-order valence-corrected chi connectivity index (χ2v) is 7.82. The summed E-state index contributed by atoms with van der Waals surface area (Å²) in [5.74, 6) is 1.10. The van der Waals surface area contributed by atoms with Crippen LogP contribution >= 0.6 is 15.9 Å². The standard InChI is InChI=1S/C12H18BrN3O2S/c1-9-5-10(2)8-16(7-9)19(17,18)15-12-6-11(13)3-4-14-12/h3-4,6,9-10H,5,7-8H2,1-2H3,(H,14,15). The molecule has 1 aliphatic heterocycles. The van der Waals surface area contributed by atoms with E-state index >= 15 is 0 Å². The number of nitrogens with one attached hydrogen (secondary N) is 1. The molecule has 1 aliphatic rings. The molecule has 0 aromatic carbocycles. The molecule has 19 heavy (non-hydrogen) atoms. The Labute approximate surface area is 122 Å². The van der Waals surface area contributed by atoms with Gasteiger partial charge < -0.3 is 0 Å². The quantitative estimate of drug-likeness (QED) is 0.913. The molecule has 1 fully saturated rings. The molecule has 2 rings (SSSR count). The number of aromatic nitrogens is 1. The number of piperidine rings is 1. The van der Waals surface area contributed by atoms with Gasteiger partial charge in [0.05, 0.1) is 0 Å². The van der Waals surface area contributed by atoms with Gasteiger partial charge in [-0.3, -0.25) is 4.72 Å². The van der Waals surface area contributed by atoms with Crippen LogP contribution in [0.2, 0.25) is 0 Å². The van der Waals surface area contributed by atoms with Crippen LogP contribution in [0.5, 0.6) is 0 Å². The Hall–Kier alpha value is -0.660. The molecular formula is C12H18BrN3O2S. The molecule has 7 heteroatoms. The first-order valence-electron chi connectivity index (χ1n) is 6.26. The molecule has 0 spiro atoms. The average Bonchev–Trinajstić information content (AvgIpc) is 2.26. The van der Waals surface area contributed by atoms with Crippen LogP contribution in [-0.4, -0.2) is 30.8 Å². The van der Waals surface area contributed by atoms with E-state index in [0.717, 1.165) is 10.9 Å². The van der Waals surface area contributed by atoms with Gasteiger partial charge in [-0.15, -0.1) is 0 Å². The van der Waals surface area contributed by atoms with Gasteiger partial charge in [-0.05, 0) is 30.4 Å². The predicted molar refractivity (Wildman–Crippen MR) is 79.0 cm³/mol. The van der Waals surface area contributed by atoms with Crippen molar-refractivity contribution in [2.45, 2.75) is 20.3 Å². The normalized spacial score (nSPS) is 25.2. The van der Waals surface area contributed by atoms with E-state index in [-0.39, 0.29) is 0 Å². The van der Waals surface area contributed by atoms with E-state index in [4.69, 9.17) is 0 Å². The van der Waals surface area contributed by atoms with Crippen molar-refractivity contribution in [1.82, 2.24) is 9.29 Å². The van der Waals surface area contributed by atoms with Gasteiger partial charge in [-0.2, -0.15) is 12.7 Å². The lowest BCUT2D eigenvalue weighted by atomic mass is 9.94. The Morgan fingerprint density at radius 3 is 2.58 bits per heavy atom. The van der Waals surface area contributed by atoms with Gasteiger partial charge in [0, 0.05) is 23.8 Å². The van der Waals surface area contributed by atoms with Crippen LogP contribution in [0.4, 0.5) is 5.82 Å². The summed E-state index contributed by atoms with van der Waals surface area (Å²) in [5, 5.41) is 0. The maximum atomic E-state index is 12.3. The van der Waals surface area contributed by atoms with Crippen LogP contribution in [0, 0.1) is 11.8 Å². The minimum atomic E-state index is -3.52. The van der Waals surface area contributed by atoms with Gasteiger partial charge >= 0.3 is 10.2 Å². The van der Waals surface area contributed by atoms with Gasteiger partial charge in [-0.1, -0.05) is 29.8 Å². The second-order valence-electron chi connectivity index (χ2n) is 5.23. The Balaban J connectivity index is 2.14. The highest BCUT2D eigenvalue weighted by Crippen LogP contribution is 2.24. The lowest BCUT2D eigenvalue weighted by molar-refractivity contribution is 0.223. The molecule has 1 aromatic heterocycles. The maximum Gasteiger partial charge on any atom is 0.302 e. The molecule has 5 nitrogen and oxygen atoms in total. The van der Waals surface area contributed by atoms with Crippen LogP contribution in [0.1, 0.15) is 20.3 Å². The number of anilines is 1. The molecule has 2 atom stereocenters. The Kier molecular flexibility index (Phi) is 4.47. The topological polar surface area (TPSA) is 62.3 Å². The lowest BCUT2D eigenvalue weighted by Crippen LogP contribution is -2.45. The van der Waals surface area contributed by atoms with Crippen molar-refractivity contribution in [2.75, 3.05) is 17.8 Å². The van der Waals surface area contributed by atoms with Crippen molar-refractivity contribution in [1.29, 1.82) is 0 Å². The molecule has 106 valence electrons. The molecule has 0 bridgehead atoms. The molecule has 0 saturated carbocycles. The number of rotatable bonds is 3. The first-order chi connectivity index (χ1) is 8.87. The van der Waals surface area contributed by atoms with E-state index in [1.807, 2.05) is 0 Å². The van der Waals surface area contributed by atoms with Crippen molar-refractivity contribution in [2.24, 2.45) is 11.8 Å². The fourth-order valence-electron chi connectivity index (χ4n) is 2.46. The minimum Gasteiger partial charge on any atom is -0.254 e. The summed E-state index contributed by atoms with van der Waals surface area (Å²) in [6.45, 7) is 5.28. The smallest absolute Gasteiger partial charge is 0.254 e. The fraction of sp³-hybridized carbons (Fsp3) is 0.583. The highest BCUT2D eigenvalue weighted by atomic mass is 79.9. The molecule has 0 amide bonds. The van der Waals surface area contributed by atoms with Crippen LogP contribution in [-0.2, 0) is 10.2 Å². The Bertz CT molecular complexity index is 540. The van der Waals surface area contributed by atoms with Gasteiger partial charge in [0.25, 0.3) is 0 Å². The van der Waals surface area contributed by atoms with E-state index in [1.54, 1.807) is 18.3 Å². The number of nitrogens with zero attached hydrogens (tertiary/aromatic N) is 2. The maximum absolute atomic E-state index is 12.3. The summed E-state index contributed by atoms with van der Waals surface area (Å²) in [6.07, 6.45) is 2.63. The van der Waals surface area contributed by atoms with Crippen molar-refractivity contribution in [3.05, 3.63) is 22.8 Å². The molecule has 0 radical (unpaired) electrons. The van der Waals surface area contributed by atoms with E-state index in [2.05, 4.69) is 39.5 Å². The fourth-order valence-corrected chi connectivity index (χ4v) is 4.20. The minimum absolute atomic E-state index is 0.334. The third kappa shape index (κ3) is 3.90. The zero-order valence-corrected chi connectivity index (χ0v) is 13.4. The van der Waals surface area contributed by atoms with Gasteiger partial charge in [0.1, 0.15) is 5.82 Å². The first-order valence-corrected chi connectivity index (χ1v) is 8.49. The van der Waals surface area contributed by atoms with Crippen molar-refractivity contribution < 1.29 is 8.42 Å². The second kappa shape index (κ2) is 5.76. The Morgan fingerprint density at radius 2 is 2.00 bits per heavy atom. The number of hydrogen-bond donors (Lipinski definition) is 1. The zero-order valence-electron chi connectivity index (χ0n) is 11.0. The predicted octanol–water partition coefficient (Wildman–Crippen LogP) is 2.48. The lowest BCUT2D eigenvalue weighted by Gasteiger charge is -2.33. The molecule has 0 aliphatic carbocycles. The Morgan fingerprint density at radius 1 is 1.37 bits per heavy atom. The summed E-state index contributed by atoms with van der Waals surface area (Å²) >= 11 is 3.30. The van der Waals surface area contributed by atoms with Crippen molar-refractivity contribution in [3.63, 3.8) is 0 Å². The molecule has 1 aromatic rings. The summed E-state index contributed by atoms with van der Waals surface area (Å²) in [5.41, 5.74) is 0. The van der Waals surface area contributed by atoms with Gasteiger partial charge in [-0.25, -0.2) is 4.98 Å². The number of pyridine rings is 1. The van der Waals surface area contributed by atoms with Crippen LogP contribution in [0.15, 0.2) is 22.8 Å². The van der Waals surface area contributed by atoms with Gasteiger partial charge in [0.2, 0.25) is 0 Å².